The van der Waals surface area contributed by atoms with Crippen LogP contribution in [0.15, 0.2) is 23.2 Å². The summed E-state index contributed by atoms with van der Waals surface area (Å²) in [6, 6.07) is 4.58. The van der Waals surface area contributed by atoms with Gasteiger partial charge in [0.25, 0.3) is 5.91 Å². The van der Waals surface area contributed by atoms with E-state index < -0.39 is 51.1 Å². The minimum Gasteiger partial charge on any atom is -0.465 e. The summed E-state index contributed by atoms with van der Waals surface area (Å²) in [7, 11) is -3.06. The summed E-state index contributed by atoms with van der Waals surface area (Å²) < 4.78 is 42.5. The van der Waals surface area contributed by atoms with Crippen molar-refractivity contribution < 1.29 is 46.6 Å². The molecule has 0 aliphatic heterocycles. The highest BCUT2D eigenvalue weighted by Gasteiger charge is 2.28. The third-order valence-corrected chi connectivity index (χ3v) is 10.2. The Labute approximate surface area is 260 Å². The van der Waals surface area contributed by atoms with Gasteiger partial charge in [0.1, 0.15) is 23.1 Å². The zero-order chi connectivity index (χ0) is 32.0. The standard InChI is InChI=1S/C28H31N3O10S3/c1-4-40-23(34)13-31-18-11-10-16(26(35)41-5-2)12-20(18)43-28(31)30-22(33)15-44(37,38)14-21(32)29-25-24(27(36)39-3)17-8-6-7-9-19(17)42-25/h10-12H,4-9,13-15H2,1-3H3,(H,29,32). The predicted octanol–water partition coefficient (Wildman–Crippen LogP) is 2.65. The normalized spacial score (nSPS) is 13.3. The number of anilines is 1. The number of aryl methyl sites for hydroxylation is 1. The molecule has 0 saturated heterocycles. The molecule has 13 nitrogen and oxygen atoms in total. The van der Waals surface area contributed by atoms with Gasteiger partial charge in [-0.1, -0.05) is 11.3 Å². The molecule has 0 unspecified atom stereocenters. The zero-order valence-electron chi connectivity index (χ0n) is 24.3. The van der Waals surface area contributed by atoms with Crippen molar-refractivity contribution in [3.63, 3.8) is 0 Å². The smallest absolute Gasteiger partial charge is 0.341 e. The Morgan fingerprint density at radius 1 is 0.977 bits per heavy atom. The average molecular weight is 666 g/mol. The van der Waals surface area contributed by atoms with Gasteiger partial charge >= 0.3 is 17.9 Å². The van der Waals surface area contributed by atoms with Crippen LogP contribution >= 0.6 is 22.7 Å². The molecule has 0 spiro atoms. The van der Waals surface area contributed by atoms with Crippen LogP contribution in [0.2, 0.25) is 0 Å². The molecule has 2 aromatic heterocycles. The van der Waals surface area contributed by atoms with E-state index >= 15 is 0 Å². The first-order valence-corrected chi connectivity index (χ1v) is 17.2. The zero-order valence-corrected chi connectivity index (χ0v) is 26.7. The van der Waals surface area contributed by atoms with Gasteiger partial charge in [-0.05, 0) is 63.3 Å². The molecule has 1 N–H and O–H groups in total. The molecule has 0 bridgehead atoms. The number of methoxy groups -OCH3 is 1. The summed E-state index contributed by atoms with van der Waals surface area (Å²) in [4.78, 5) is 67.4. The van der Waals surface area contributed by atoms with Gasteiger partial charge in [-0.2, -0.15) is 4.99 Å². The lowest BCUT2D eigenvalue weighted by atomic mass is 9.95. The van der Waals surface area contributed by atoms with Crippen molar-refractivity contribution in [2.75, 3.05) is 37.1 Å². The SMILES string of the molecule is CCOC(=O)Cn1c(=NC(=O)CS(=O)(=O)CC(=O)Nc2sc3c(c2C(=O)OC)CCCC3)sc2cc(C(=O)OCC)ccc21. The highest BCUT2D eigenvalue weighted by Crippen LogP contribution is 2.38. The summed E-state index contributed by atoms with van der Waals surface area (Å²) >= 11 is 2.18. The Kier molecular flexibility index (Phi) is 10.7. The molecule has 4 rings (SSSR count). The second-order valence-corrected chi connectivity index (χ2v) is 13.9. The Morgan fingerprint density at radius 2 is 1.70 bits per heavy atom. The first-order valence-electron chi connectivity index (χ1n) is 13.7. The van der Waals surface area contributed by atoms with Crippen LogP contribution in [0.3, 0.4) is 0 Å². The van der Waals surface area contributed by atoms with Crippen molar-refractivity contribution in [3.05, 3.63) is 44.6 Å². The molecule has 1 aliphatic carbocycles. The van der Waals surface area contributed by atoms with Gasteiger partial charge in [-0.15, -0.1) is 11.3 Å². The van der Waals surface area contributed by atoms with Crippen molar-refractivity contribution in [1.82, 2.24) is 4.57 Å². The molecule has 0 fully saturated rings. The first kappa shape index (κ1) is 33.0. The Morgan fingerprint density at radius 3 is 2.41 bits per heavy atom. The van der Waals surface area contributed by atoms with Crippen LogP contribution in [0.25, 0.3) is 10.2 Å². The van der Waals surface area contributed by atoms with E-state index in [2.05, 4.69) is 10.3 Å². The maximum absolute atomic E-state index is 12.9. The quantitative estimate of drug-likeness (QED) is 0.237. The van der Waals surface area contributed by atoms with Gasteiger partial charge in [0.2, 0.25) is 5.91 Å². The second-order valence-electron chi connectivity index (χ2n) is 9.67. The molecule has 2 amide bonds. The molecule has 0 saturated carbocycles. The fourth-order valence-electron chi connectivity index (χ4n) is 4.70. The summed E-state index contributed by atoms with van der Waals surface area (Å²) in [6.07, 6.45) is 3.21. The van der Waals surface area contributed by atoms with Crippen LogP contribution < -0.4 is 10.1 Å². The lowest BCUT2D eigenvalue weighted by Crippen LogP contribution is -2.29. The van der Waals surface area contributed by atoms with E-state index in [-0.39, 0.29) is 40.7 Å². The molecular formula is C28H31N3O10S3. The van der Waals surface area contributed by atoms with Gasteiger partial charge in [-0.3, -0.25) is 14.4 Å². The number of aromatic nitrogens is 1. The minimum atomic E-state index is -4.28. The van der Waals surface area contributed by atoms with E-state index in [1.165, 1.54) is 35.1 Å². The summed E-state index contributed by atoms with van der Waals surface area (Å²) in [6.45, 7) is 3.28. The Balaban J connectivity index is 1.56. The van der Waals surface area contributed by atoms with E-state index in [1.807, 2.05) is 0 Å². The molecule has 2 heterocycles. The predicted molar refractivity (Wildman–Crippen MR) is 163 cm³/mol. The number of fused-ring (bicyclic) bond motifs is 2. The maximum atomic E-state index is 12.9. The van der Waals surface area contributed by atoms with Gasteiger partial charge in [0.15, 0.2) is 14.6 Å². The van der Waals surface area contributed by atoms with Crippen molar-refractivity contribution >= 4 is 77.5 Å². The molecular weight excluding hydrogens is 635 g/mol. The fourth-order valence-corrected chi connectivity index (χ4v) is 8.09. The van der Waals surface area contributed by atoms with Crippen molar-refractivity contribution in [3.8, 4) is 0 Å². The molecule has 16 heteroatoms. The molecule has 1 aromatic carbocycles. The number of ether oxygens (including phenoxy) is 3. The van der Waals surface area contributed by atoms with E-state index in [0.29, 0.717) is 16.6 Å². The van der Waals surface area contributed by atoms with E-state index in [1.54, 1.807) is 19.9 Å². The summed E-state index contributed by atoms with van der Waals surface area (Å²) in [5.74, 6) is -5.85. The number of amides is 2. The molecule has 44 heavy (non-hydrogen) atoms. The third-order valence-electron chi connectivity index (χ3n) is 6.51. The van der Waals surface area contributed by atoms with Crippen molar-refractivity contribution in [2.45, 2.75) is 46.1 Å². The van der Waals surface area contributed by atoms with Crippen molar-refractivity contribution in [1.29, 1.82) is 0 Å². The minimum absolute atomic E-state index is 0.00518. The number of carbonyl (C=O) groups is 5. The fraction of sp³-hybridized carbons (Fsp3) is 0.429. The maximum Gasteiger partial charge on any atom is 0.341 e. The molecule has 0 radical (unpaired) electrons. The number of nitrogens with one attached hydrogen (secondary N) is 1. The van der Waals surface area contributed by atoms with E-state index in [4.69, 9.17) is 14.2 Å². The molecule has 1 aliphatic rings. The van der Waals surface area contributed by atoms with Crippen molar-refractivity contribution in [2.24, 2.45) is 4.99 Å². The number of benzene rings is 1. The summed E-state index contributed by atoms with van der Waals surface area (Å²) in [5.41, 5.74) is 1.74. The molecule has 236 valence electrons. The molecule has 0 atom stereocenters. The van der Waals surface area contributed by atoms with Gasteiger partial charge < -0.3 is 24.1 Å². The Bertz CT molecular complexity index is 1800. The number of thiazole rings is 1. The number of nitrogens with zero attached hydrogens (tertiary/aromatic N) is 2. The largest absolute Gasteiger partial charge is 0.465 e. The van der Waals surface area contributed by atoms with Crippen LogP contribution in [-0.2, 0) is 57.8 Å². The van der Waals surface area contributed by atoms with Gasteiger partial charge in [0, 0.05) is 4.88 Å². The monoisotopic (exact) mass is 665 g/mol. The molecule has 3 aromatic rings. The van der Waals surface area contributed by atoms with Crippen LogP contribution in [0, 0.1) is 0 Å². The second kappa shape index (κ2) is 14.3. The number of thiophene rings is 1. The van der Waals surface area contributed by atoms with Gasteiger partial charge in [0.05, 0.1) is 41.7 Å². The number of hydrogen-bond acceptors (Lipinski definition) is 12. The average Bonchev–Trinajstić information content (AvgIpc) is 3.48. The third kappa shape index (κ3) is 7.78. The van der Waals surface area contributed by atoms with Crippen LogP contribution in [-0.4, -0.2) is 74.5 Å². The van der Waals surface area contributed by atoms with E-state index in [9.17, 15) is 32.4 Å². The number of hydrogen-bond donors (Lipinski definition) is 1. The summed E-state index contributed by atoms with van der Waals surface area (Å²) in [5, 5.41) is 2.73. The number of esters is 3. The lowest BCUT2D eigenvalue weighted by Gasteiger charge is -2.11. The van der Waals surface area contributed by atoms with Crippen LogP contribution in [0.4, 0.5) is 5.00 Å². The van der Waals surface area contributed by atoms with Gasteiger partial charge in [-0.25, -0.2) is 18.0 Å². The number of sulfone groups is 1. The number of rotatable bonds is 11. The highest BCUT2D eigenvalue weighted by molar-refractivity contribution is 7.92. The Hall–Kier alpha value is -3.89. The highest BCUT2D eigenvalue weighted by atomic mass is 32.2. The topological polar surface area (TPSA) is 176 Å². The number of carbonyl (C=O) groups excluding carboxylic acids is 5. The van der Waals surface area contributed by atoms with Crippen LogP contribution in [0.5, 0.6) is 0 Å². The van der Waals surface area contributed by atoms with Crippen LogP contribution in [0.1, 0.15) is 57.8 Å². The lowest BCUT2D eigenvalue weighted by molar-refractivity contribution is -0.143. The first-order chi connectivity index (χ1) is 21.0. The van der Waals surface area contributed by atoms with E-state index in [0.717, 1.165) is 41.0 Å².